The summed E-state index contributed by atoms with van der Waals surface area (Å²) in [5.74, 6) is -2.50. The van der Waals surface area contributed by atoms with E-state index in [-0.39, 0.29) is 139 Å². The summed E-state index contributed by atoms with van der Waals surface area (Å²) in [4.78, 5) is 140. The van der Waals surface area contributed by atoms with Crippen LogP contribution < -0.4 is 10.6 Å². The average molecular weight is 1290 g/mol. The number of likely N-dealkylation sites (tertiary alicyclic amines) is 2. The van der Waals surface area contributed by atoms with E-state index in [4.69, 9.17) is 14.3 Å². The molecule has 5 aliphatic rings. The minimum absolute atomic E-state index is 0.0153. The number of methoxy groups -OCH3 is 2. The average Bonchev–Trinajstić information content (AvgIpc) is 1.48. The molecule has 0 aromatic heterocycles. The minimum Gasteiger partial charge on any atom is -0.379 e. The molecule has 6 rings (SSSR count). The Morgan fingerprint density at radius 2 is 1.50 bits per heavy atom. The number of Topliss-reactive ketones (excluding diaryl/α,β-unsaturated/α-hetero) is 1. The molecule has 14 unspecified atom stereocenters. The number of hydroxylamine groups is 2. The Labute approximate surface area is 551 Å². The van der Waals surface area contributed by atoms with E-state index >= 15 is 0 Å². The summed E-state index contributed by atoms with van der Waals surface area (Å²) in [7, 11) is 8.40. The third-order valence-corrected chi connectivity index (χ3v) is 22.4. The third kappa shape index (κ3) is 16.8. The van der Waals surface area contributed by atoms with Crippen molar-refractivity contribution in [2.45, 2.75) is 247 Å². The van der Waals surface area contributed by atoms with Crippen LogP contribution in [0, 0.1) is 45.8 Å². The van der Waals surface area contributed by atoms with Gasteiger partial charge >= 0.3 is 0 Å². The van der Waals surface area contributed by atoms with Crippen LogP contribution in [0.5, 0.6) is 0 Å². The number of benzene rings is 1. The van der Waals surface area contributed by atoms with Crippen LogP contribution in [0.3, 0.4) is 0 Å². The Hall–Kier alpha value is -5.31. The molecule has 518 valence electrons. The van der Waals surface area contributed by atoms with Crippen molar-refractivity contribution < 1.29 is 57.5 Å². The van der Waals surface area contributed by atoms with E-state index in [1.165, 1.54) is 4.90 Å². The number of unbranched alkanes of at least 4 members (excludes halogenated alkanes) is 1. The van der Waals surface area contributed by atoms with Gasteiger partial charge in [0.25, 0.3) is 5.91 Å². The summed E-state index contributed by atoms with van der Waals surface area (Å²) in [6.45, 7) is 24.1. The van der Waals surface area contributed by atoms with Crippen molar-refractivity contribution in [3.63, 3.8) is 0 Å². The third-order valence-electron chi connectivity index (χ3n) is 22.4. The number of hydrogen-bond donors (Lipinski definition) is 2. The number of fused-ring (bicyclic) bond motifs is 1. The van der Waals surface area contributed by atoms with Crippen LogP contribution in [0.25, 0.3) is 0 Å². The maximum atomic E-state index is 14.9. The van der Waals surface area contributed by atoms with Gasteiger partial charge in [0.1, 0.15) is 11.8 Å². The van der Waals surface area contributed by atoms with Crippen molar-refractivity contribution >= 4 is 53.0 Å². The molecule has 5 fully saturated rings. The maximum Gasteiger partial charge on any atom is 0.252 e. The van der Waals surface area contributed by atoms with Gasteiger partial charge in [-0.05, 0) is 125 Å². The number of ketones is 1. The summed E-state index contributed by atoms with van der Waals surface area (Å²) in [6.07, 6.45) is 10.5. The normalized spacial score (nSPS) is 25.9. The predicted octanol–water partition coefficient (Wildman–Crippen LogP) is 8.98. The number of rotatable bonds is 39. The second-order valence-corrected chi connectivity index (χ2v) is 28.7. The number of ether oxygens (including phenoxy) is 2. The molecule has 0 spiro atoms. The van der Waals surface area contributed by atoms with Gasteiger partial charge in [-0.1, -0.05) is 126 Å². The maximum absolute atomic E-state index is 14.9. The molecule has 3 aliphatic heterocycles. The van der Waals surface area contributed by atoms with E-state index in [1.54, 1.807) is 43.2 Å². The van der Waals surface area contributed by atoms with Gasteiger partial charge in [-0.2, -0.15) is 0 Å². The van der Waals surface area contributed by atoms with E-state index in [2.05, 4.69) is 29.7 Å². The Balaban J connectivity index is 0.980. The van der Waals surface area contributed by atoms with Crippen LogP contribution >= 0.6 is 0 Å². The van der Waals surface area contributed by atoms with Crippen LogP contribution in [0.15, 0.2) is 30.3 Å². The zero-order chi connectivity index (χ0) is 68.0. The Bertz CT molecular complexity index is 2680. The van der Waals surface area contributed by atoms with Crippen molar-refractivity contribution in [1.29, 1.82) is 0 Å². The van der Waals surface area contributed by atoms with E-state index in [9.17, 15) is 43.2 Å². The Morgan fingerprint density at radius 1 is 0.804 bits per heavy atom. The highest BCUT2D eigenvalue weighted by Crippen LogP contribution is 2.76. The van der Waals surface area contributed by atoms with E-state index in [0.717, 1.165) is 56.9 Å². The van der Waals surface area contributed by atoms with Gasteiger partial charge in [0, 0.05) is 86.2 Å². The topological polar surface area (TPSA) is 225 Å². The number of likely N-dealkylation sites (N-methyl/N-ethyl adjacent to an activating group) is 3. The molecule has 2 N–H and O–H groups in total. The van der Waals surface area contributed by atoms with Crippen LogP contribution in [0.2, 0.25) is 0 Å². The first-order valence-corrected chi connectivity index (χ1v) is 35.3. The summed E-state index contributed by atoms with van der Waals surface area (Å²) in [6, 6.07) is 7.78. The Kier molecular flexibility index (Phi) is 27.9. The monoisotopic (exact) mass is 1290 g/mol. The molecule has 2 aliphatic carbocycles. The summed E-state index contributed by atoms with van der Waals surface area (Å²) >= 11 is 0. The number of imide groups is 1. The lowest BCUT2D eigenvalue weighted by molar-refractivity contribution is -0.228. The van der Waals surface area contributed by atoms with E-state index in [0.29, 0.717) is 71.1 Å². The van der Waals surface area contributed by atoms with Crippen LogP contribution in [0.1, 0.15) is 210 Å². The van der Waals surface area contributed by atoms with Gasteiger partial charge < -0.3 is 34.8 Å². The molecule has 20 nitrogen and oxygen atoms in total. The van der Waals surface area contributed by atoms with Crippen molar-refractivity contribution in [3.05, 3.63) is 35.9 Å². The fourth-order valence-electron chi connectivity index (χ4n) is 16.3. The molecule has 92 heavy (non-hydrogen) atoms. The van der Waals surface area contributed by atoms with Crippen molar-refractivity contribution in [2.24, 2.45) is 45.8 Å². The minimum atomic E-state index is -0.899. The molecule has 3 saturated heterocycles. The number of nitrogens with one attached hydrogen (secondary N) is 2. The van der Waals surface area contributed by atoms with Crippen LogP contribution in [-0.2, 0) is 57.5 Å². The molecule has 0 radical (unpaired) electrons. The molecule has 14 atom stereocenters. The largest absolute Gasteiger partial charge is 0.379 e. The van der Waals surface area contributed by atoms with E-state index in [1.807, 2.05) is 104 Å². The quantitative estimate of drug-likeness (QED) is 0.0588. The van der Waals surface area contributed by atoms with Crippen molar-refractivity contribution in [1.82, 2.24) is 40.2 Å². The van der Waals surface area contributed by atoms with Gasteiger partial charge in [-0.25, -0.2) is 5.06 Å². The number of hydrogen-bond acceptors (Lipinski definition) is 13. The van der Waals surface area contributed by atoms with Crippen molar-refractivity contribution in [3.8, 4) is 0 Å². The zero-order valence-corrected chi connectivity index (χ0v) is 59.2. The molecule has 3 heterocycles. The van der Waals surface area contributed by atoms with Gasteiger partial charge in [-0.3, -0.25) is 57.8 Å². The second-order valence-electron chi connectivity index (χ2n) is 28.7. The molecule has 1 aromatic carbocycles. The highest BCUT2D eigenvalue weighted by Gasteiger charge is 2.83. The highest BCUT2D eigenvalue weighted by atomic mass is 16.7. The Morgan fingerprint density at radius 3 is 2.11 bits per heavy atom. The standard InChI is InChI=1S/C72H118N8O12/c1-17-21-32-52-33-26-43-80(92-52)68(88)71(46-53(71)51-30-23-22-24-31-51)38-25-35-55(81)50(10)63(91-16)54-34-27-41-78(54)59(84)45-56(90-15)62(49(9)18-2)77(14)66(86)60(47(5)6)74-65(85)61(48(7)8)76(13)40-28-36-57(82)73-39-44-75(12)58(83)37-29-42-79-67(87)64-70(11,19-3)72(64,20-4)69(79)89/h22-24,30-31,47-50,52-54,56,60-64H,17-21,25-29,32-46H2,1-16H3,(H,73,82)(H,74,85). The van der Waals surface area contributed by atoms with Crippen LogP contribution in [0.4, 0.5) is 0 Å². The predicted molar refractivity (Wildman–Crippen MR) is 355 cm³/mol. The molecule has 20 heteroatoms. The number of nitrogens with zero attached hydrogens (tertiary/aromatic N) is 6. The number of amides is 8. The number of carbonyl (C=O) groups is 9. The molecule has 2 saturated carbocycles. The summed E-state index contributed by atoms with van der Waals surface area (Å²) < 4.78 is 12.3. The molecule has 1 aromatic rings. The first-order chi connectivity index (χ1) is 43.7. The zero-order valence-electron chi connectivity index (χ0n) is 59.2. The van der Waals surface area contributed by atoms with Gasteiger partial charge in [0.15, 0.2) is 0 Å². The first-order valence-electron chi connectivity index (χ1n) is 35.3. The molecular formula is C72H118N8O12. The SMILES string of the molecule is CCCCC1CCCN(C(=O)C2(CCCC(=O)C(C)C(OC)C3CCCN3C(=O)CC(OC)C(C(C)CC)N(C)C(=O)C(NC(=O)C(C(C)C)N(C)CCCC(=O)NCCN(C)C(=O)CCCN3C(=O)C4C(C)(CC)C4(CC)C3=O)C(C)C)CC2c2ccccc2)O1. The lowest BCUT2D eigenvalue weighted by Crippen LogP contribution is -2.60. The molecule has 8 amide bonds. The lowest BCUT2D eigenvalue weighted by atomic mass is 9.87. The number of carbonyl (C=O) groups excluding carboxylic acids is 9. The fraction of sp³-hybridized carbons (Fsp3) is 0.792. The summed E-state index contributed by atoms with van der Waals surface area (Å²) in [5, 5.41) is 7.65. The second kappa shape index (κ2) is 33.9. The van der Waals surface area contributed by atoms with Crippen LogP contribution in [-0.4, -0.2) is 200 Å². The molecular weight excluding hydrogens is 1170 g/mol. The van der Waals surface area contributed by atoms with Crippen molar-refractivity contribution in [2.75, 3.05) is 74.6 Å². The fourth-order valence-corrected chi connectivity index (χ4v) is 16.3. The van der Waals surface area contributed by atoms with Gasteiger partial charge in [0.05, 0.1) is 59.6 Å². The lowest BCUT2D eigenvalue weighted by Gasteiger charge is -2.41. The summed E-state index contributed by atoms with van der Waals surface area (Å²) in [5.41, 5.74) is -0.389. The smallest absolute Gasteiger partial charge is 0.252 e. The first kappa shape index (κ1) is 75.7. The van der Waals surface area contributed by atoms with E-state index < -0.39 is 47.1 Å². The highest BCUT2D eigenvalue weighted by molar-refractivity contribution is 6.13. The van der Waals surface area contributed by atoms with Gasteiger partial charge in [-0.15, -0.1) is 0 Å². The molecule has 0 bridgehead atoms. The van der Waals surface area contributed by atoms with Gasteiger partial charge in [0.2, 0.25) is 41.4 Å². The number of piperidine rings is 1.